The maximum Gasteiger partial charge on any atom is 0.278 e. The summed E-state index contributed by atoms with van der Waals surface area (Å²) in [4.78, 5) is 28.4. The minimum atomic E-state index is -0.406. The topological polar surface area (TPSA) is 58.6 Å². The largest absolute Gasteiger partial charge is 0.495 e. The van der Waals surface area contributed by atoms with Crippen molar-refractivity contribution in [3.05, 3.63) is 99.2 Å². The van der Waals surface area contributed by atoms with Crippen molar-refractivity contribution < 1.29 is 14.3 Å². The molecule has 0 saturated carbocycles. The van der Waals surface area contributed by atoms with Crippen LogP contribution in [-0.4, -0.2) is 23.8 Å². The average Bonchev–Trinajstić information content (AvgIpc) is 3.01. The van der Waals surface area contributed by atoms with E-state index in [4.69, 9.17) is 16.3 Å². The van der Waals surface area contributed by atoms with Gasteiger partial charge in [0.15, 0.2) is 0 Å². The number of nitrogens with one attached hydrogen (secondary N) is 1. The summed E-state index contributed by atoms with van der Waals surface area (Å²) in [5, 5.41) is 3.71. The number of hydrogen-bond acceptors (Lipinski definition) is 4. The van der Waals surface area contributed by atoms with Crippen LogP contribution in [0.3, 0.4) is 0 Å². The van der Waals surface area contributed by atoms with Gasteiger partial charge < -0.3 is 10.1 Å². The number of aryl methyl sites for hydroxylation is 3. The van der Waals surface area contributed by atoms with E-state index in [1.165, 1.54) is 4.90 Å². The highest BCUT2D eigenvalue weighted by molar-refractivity contribution is 6.36. The Hall–Kier alpha value is -3.57. The summed E-state index contributed by atoms with van der Waals surface area (Å²) < 4.78 is 5.47. The third-order valence-electron chi connectivity index (χ3n) is 5.86. The van der Waals surface area contributed by atoms with E-state index in [2.05, 4.69) is 5.32 Å². The van der Waals surface area contributed by atoms with Crippen molar-refractivity contribution in [1.29, 1.82) is 0 Å². The molecule has 0 aromatic heterocycles. The minimum absolute atomic E-state index is 0.0851. The van der Waals surface area contributed by atoms with Crippen LogP contribution in [0.15, 0.2) is 66.4 Å². The van der Waals surface area contributed by atoms with Crippen molar-refractivity contribution in [3.63, 3.8) is 0 Å². The van der Waals surface area contributed by atoms with E-state index in [0.717, 1.165) is 16.7 Å². The zero-order valence-electron chi connectivity index (χ0n) is 19.0. The molecule has 5 nitrogen and oxygen atoms in total. The third-order valence-corrected chi connectivity index (χ3v) is 6.23. The molecule has 4 rings (SSSR count). The van der Waals surface area contributed by atoms with E-state index < -0.39 is 5.91 Å². The number of ether oxygens (including phenoxy) is 1. The molecule has 0 saturated heterocycles. The second kappa shape index (κ2) is 9.12. The Kier molecular flexibility index (Phi) is 6.25. The first-order chi connectivity index (χ1) is 15.8. The van der Waals surface area contributed by atoms with E-state index in [9.17, 15) is 9.59 Å². The summed E-state index contributed by atoms with van der Waals surface area (Å²) in [7, 11) is 1.57. The molecule has 6 heteroatoms. The Bertz CT molecular complexity index is 1300. The van der Waals surface area contributed by atoms with E-state index >= 15 is 0 Å². The van der Waals surface area contributed by atoms with Gasteiger partial charge in [-0.3, -0.25) is 14.5 Å². The summed E-state index contributed by atoms with van der Waals surface area (Å²) in [6.45, 7) is 6.03. The van der Waals surface area contributed by atoms with Crippen molar-refractivity contribution in [2.24, 2.45) is 0 Å². The van der Waals surface area contributed by atoms with Crippen LogP contribution in [0.5, 0.6) is 5.75 Å². The fourth-order valence-electron chi connectivity index (χ4n) is 3.85. The van der Waals surface area contributed by atoms with Crippen molar-refractivity contribution in [2.45, 2.75) is 27.3 Å². The summed E-state index contributed by atoms with van der Waals surface area (Å²) in [5.41, 5.74) is 5.71. The monoisotopic (exact) mass is 460 g/mol. The van der Waals surface area contributed by atoms with Gasteiger partial charge in [-0.05, 0) is 66.8 Å². The Morgan fingerprint density at radius 1 is 0.909 bits per heavy atom. The van der Waals surface area contributed by atoms with Gasteiger partial charge in [0.2, 0.25) is 0 Å². The smallest absolute Gasteiger partial charge is 0.278 e. The zero-order valence-corrected chi connectivity index (χ0v) is 19.8. The van der Waals surface area contributed by atoms with Gasteiger partial charge in [0.1, 0.15) is 11.4 Å². The molecule has 1 aliphatic rings. The molecule has 168 valence electrons. The van der Waals surface area contributed by atoms with Gasteiger partial charge in [-0.15, -0.1) is 0 Å². The molecule has 1 aliphatic heterocycles. The normalized spacial score (nSPS) is 13.7. The summed E-state index contributed by atoms with van der Waals surface area (Å²) in [5.74, 6) is -0.189. The first kappa shape index (κ1) is 22.6. The second-order valence-electron chi connectivity index (χ2n) is 8.17. The lowest BCUT2D eigenvalue weighted by molar-refractivity contribution is -0.137. The lowest BCUT2D eigenvalue weighted by Gasteiger charge is -2.17. The molecule has 0 aliphatic carbocycles. The number of imide groups is 1. The molecule has 1 N–H and O–H groups in total. The standard InChI is InChI=1S/C27H25ClN2O3/c1-16-9-12-23(33-4)22(13-16)29-25-24(19-11-10-17(2)18(3)14-19)26(31)30(27(25)32)15-20-7-5-6-8-21(20)28/h5-14,29H,15H2,1-4H3. The van der Waals surface area contributed by atoms with Crippen molar-refractivity contribution >= 4 is 34.7 Å². The average molecular weight is 461 g/mol. The molecule has 0 bridgehead atoms. The number of rotatable bonds is 6. The molecule has 0 unspecified atom stereocenters. The molecule has 0 atom stereocenters. The van der Waals surface area contributed by atoms with Gasteiger partial charge in [-0.1, -0.05) is 54.1 Å². The van der Waals surface area contributed by atoms with Crippen LogP contribution in [-0.2, 0) is 16.1 Å². The van der Waals surface area contributed by atoms with E-state index in [0.29, 0.717) is 33.2 Å². The maximum atomic E-state index is 13.6. The fourth-order valence-corrected chi connectivity index (χ4v) is 4.05. The first-order valence-corrected chi connectivity index (χ1v) is 11.0. The van der Waals surface area contributed by atoms with E-state index in [1.54, 1.807) is 13.2 Å². The molecule has 33 heavy (non-hydrogen) atoms. The van der Waals surface area contributed by atoms with Crippen LogP contribution < -0.4 is 10.1 Å². The number of amides is 2. The highest BCUT2D eigenvalue weighted by Crippen LogP contribution is 2.35. The van der Waals surface area contributed by atoms with Gasteiger partial charge in [-0.25, -0.2) is 0 Å². The van der Waals surface area contributed by atoms with Crippen LogP contribution in [0.4, 0.5) is 5.69 Å². The SMILES string of the molecule is COc1ccc(C)cc1NC1=C(c2ccc(C)c(C)c2)C(=O)N(Cc2ccccc2Cl)C1=O. The Labute approximate surface area is 198 Å². The summed E-state index contributed by atoms with van der Waals surface area (Å²) in [6.07, 6.45) is 0. The van der Waals surface area contributed by atoms with Crippen LogP contribution in [0, 0.1) is 20.8 Å². The van der Waals surface area contributed by atoms with Gasteiger partial charge in [0.05, 0.1) is 24.9 Å². The number of halogens is 1. The lowest BCUT2D eigenvalue weighted by Crippen LogP contribution is -2.32. The number of nitrogens with zero attached hydrogens (tertiary/aromatic N) is 1. The van der Waals surface area contributed by atoms with Gasteiger partial charge >= 0.3 is 0 Å². The predicted octanol–water partition coefficient (Wildman–Crippen LogP) is 5.67. The molecule has 0 radical (unpaired) electrons. The molecule has 3 aromatic carbocycles. The van der Waals surface area contributed by atoms with Crippen LogP contribution in [0.1, 0.15) is 27.8 Å². The van der Waals surface area contributed by atoms with Crippen molar-refractivity contribution in [2.75, 3.05) is 12.4 Å². The number of hydrogen-bond donors (Lipinski definition) is 1. The van der Waals surface area contributed by atoms with Gasteiger partial charge in [-0.2, -0.15) is 0 Å². The number of carbonyl (C=O) groups excluding carboxylic acids is 2. The Morgan fingerprint density at radius 3 is 2.36 bits per heavy atom. The highest BCUT2D eigenvalue weighted by atomic mass is 35.5. The Morgan fingerprint density at radius 2 is 1.67 bits per heavy atom. The van der Waals surface area contributed by atoms with Crippen LogP contribution in [0.25, 0.3) is 5.57 Å². The number of methoxy groups -OCH3 is 1. The summed E-state index contributed by atoms with van der Waals surface area (Å²) >= 11 is 6.32. The lowest BCUT2D eigenvalue weighted by atomic mass is 9.99. The molecular formula is C27H25ClN2O3. The highest BCUT2D eigenvalue weighted by Gasteiger charge is 2.39. The molecule has 3 aromatic rings. The predicted molar refractivity (Wildman–Crippen MR) is 131 cm³/mol. The molecule has 2 amide bonds. The van der Waals surface area contributed by atoms with Crippen molar-refractivity contribution in [1.82, 2.24) is 4.90 Å². The second-order valence-corrected chi connectivity index (χ2v) is 8.57. The quantitative estimate of drug-likeness (QED) is 0.482. The van der Waals surface area contributed by atoms with Crippen LogP contribution >= 0.6 is 11.6 Å². The fraction of sp³-hybridized carbons (Fsp3) is 0.185. The molecular weight excluding hydrogens is 436 g/mol. The number of carbonyl (C=O) groups is 2. The number of anilines is 1. The minimum Gasteiger partial charge on any atom is -0.495 e. The third kappa shape index (κ3) is 4.37. The maximum absolute atomic E-state index is 13.6. The van der Waals surface area contributed by atoms with Gasteiger partial charge in [0, 0.05) is 5.02 Å². The first-order valence-electron chi connectivity index (χ1n) is 10.6. The van der Waals surface area contributed by atoms with Crippen LogP contribution in [0.2, 0.25) is 5.02 Å². The van der Waals surface area contributed by atoms with E-state index in [1.807, 2.05) is 75.4 Å². The Balaban J connectivity index is 1.82. The molecule has 0 fully saturated rings. The van der Waals surface area contributed by atoms with Gasteiger partial charge in [0.25, 0.3) is 11.8 Å². The molecule has 1 heterocycles. The van der Waals surface area contributed by atoms with E-state index in [-0.39, 0.29) is 18.1 Å². The zero-order chi connectivity index (χ0) is 23.7. The number of benzene rings is 3. The van der Waals surface area contributed by atoms with Crippen molar-refractivity contribution in [3.8, 4) is 5.75 Å². The summed E-state index contributed by atoms with van der Waals surface area (Å²) in [6, 6.07) is 18.6. The molecule has 0 spiro atoms.